The predicted octanol–water partition coefficient (Wildman–Crippen LogP) is 2.50. The largest absolute Gasteiger partial charge is 0.348 e. The van der Waals surface area contributed by atoms with Crippen LogP contribution < -0.4 is 10.9 Å². The van der Waals surface area contributed by atoms with Gasteiger partial charge < -0.3 is 10.3 Å². The average molecular weight is 335 g/mol. The number of pyridine rings is 1. The molecule has 2 N–H and O–H groups in total. The Bertz CT molecular complexity index is 649. The van der Waals surface area contributed by atoms with E-state index in [1.165, 1.54) is 6.07 Å². The van der Waals surface area contributed by atoms with Crippen molar-refractivity contribution < 1.29 is 4.79 Å². The van der Waals surface area contributed by atoms with Crippen LogP contribution in [-0.2, 0) is 6.42 Å². The van der Waals surface area contributed by atoms with Gasteiger partial charge in [-0.05, 0) is 37.1 Å². The summed E-state index contributed by atoms with van der Waals surface area (Å²) in [5.74, 6) is -0.271. The maximum Gasteiger partial charge on any atom is 0.268 e. The van der Waals surface area contributed by atoms with Crippen LogP contribution in [0.4, 0.5) is 0 Å². The molecule has 4 nitrogen and oxygen atoms in total. The van der Waals surface area contributed by atoms with Gasteiger partial charge in [0.1, 0.15) is 5.69 Å². The van der Waals surface area contributed by atoms with Crippen molar-refractivity contribution in [3.63, 3.8) is 0 Å². The van der Waals surface area contributed by atoms with Crippen LogP contribution in [0, 0.1) is 0 Å². The van der Waals surface area contributed by atoms with Crippen LogP contribution in [0.3, 0.4) is 0 Å². The standard InChI is InChI=1S/C15H15BrN2O2/c1-10(9-11-5-7-12(16)8-6-11)17-15(20)13-3-2-4-14(19)18-13/h2-8,10H,9H2,1H3,(H,17,20)(H,18,19). The highest BCUT2D eigenvalue weighted by Crippen LogP contribution is 2.12. The van der Waals surface area contributed by atoms with Crippen LogP contribution in [0.25, 0.3) is 0 Å². The van der Waals surface area contributed by atoms with Crippen molar-refractivity contribution in [1.82, 2.24) is 10.3 Å². The summed E-state index contributed by atoms with van der Waals surface area (Å²) in [6, 6.07) is 12.5. The third kappa shape index (κ3) is 4.06. The maximum absolute atomic E-state index is 12.0. The number of aromatic amines is 1. The Balaban J connectivity index is 1.97. The second-order valence-corrected chi connectivity index (χ2v) is 5.55. The van der Waals surface area contributed by atoms with E-state index in [4.69, 9.17) is 0 Å². The predicted molar refractivity (Wildman–Crippen MR) is 81.8 cm³/mol. The SMILES string of the molecule is CC(Cc1ccc(Br)cc1)NC(=O)c1cccc(=O)[nH]1. The van der Waals surface area contributed by atoms with Gasteiger partial charge in [0.25, 0.3) is 5.91 Å². The number of nitrogens with one attached hydrogen (secondary N) is 2. The molecule has 0 radical (unpaired) electrons. The van der Waals surface area contributed by atoms with Crippen molar-refractivity contribution in [2.24, 2.45) is 0 Å². The molecule has 1 aromatic carbocycles. The lowest BCUT2D eigenvalue weighted by molar-refractivity contribution is 0.0935. The van der Waals surface area contributed by atoms with Gasteiger partial charge in [-0.15, -0.1) is 0 Å². The van der Waals surface area contributed by atoms with Crippen molar-refractivity contribution in [3.8, 4) is 0 Å². The van der Waals surface area contributed by atoms with Crippen LogP contribution in [-0.4, -0.2) is 16.9 Å². The van der Waals surface area contributed by atoms with Gasteiger partial charge in [-0.1, -0.05) is 34.1 Å². The minimum absolute atomic E-state index is 0.0209. The van der Waals surface area contributed by atoms with Crippen molar-refractivity contribution >= 4 is 21.8 Å². The highest BCUT2D eigenvalue weighted by Gasteiger charge is 2.10. The van der Waals surface area contributed by atoms with Gasteiger partial charge in [0.05, 0.1) is 0 Å². The first-order valence-electron chi connectivity index (χ1n) is 6.29. The Kier molecular flexibility index (Phi) is 4.74. The summed E-state index contributed by atoms with van der Waals surface area (Å²) >= 11 is 3.39. The highest BCUT2D eigenvalue weighted by molar-refractivity contribution is 9.10. The third-order valence-corrected chi connectivity index (χ3v) is 3.37. The number of H-pyrrole nitrogens is 1. The molecule has 1 unspecified atom stereocenters. The third-order valence-electron chi connectivity index (χ3n) is 2.85. The van der Waals surface area contributed by atoms with Crippen LogP contribution in [0.15, 0.2) is 51.7 Å². The van der Waals surface area contributed by atoms with Gasteiger partial charge in [-0.2, -0.15) is 0 Å². The van der Waals surface area contributed by atoms with E-state index < -0.39 is 0 Å². The Hall–Kier alpha value is -1.88. The molecule has 5 heteroatoms. The van der Waals surface area contributed by atoms with Crippen LogP contribution in [0.2, 0.25) is 0 Å². The van der Waals surface area contributed by atoms with Gasteiger partial charge >= 0.3 is 0 Å². The number of aromatic nitrogens is 1. The summed E-state index contributed by atoms with van der Waals surface area (Å²) in [4.78, 5) is 25.6. The molecule has 0 saturated carbocycles. The number of hydrogen-bond acceptors (Lipinski definition) is 2. The fourth-order valence-electron chi connectivity index (χ4n) is 1.91. The van der Waals surface area contributed by atoms with E-state index in [0.29, 0.717) is 0 Å². The van der Waals surface area contributed by atoms with Crippen molar-refractivity contribution in [3.05, 3.63) is 68.5 Å². The molecular weight excluding hydrogens is 320 g/mol. The summed E-state index contributed by atoms with van der Waals surface area (Å²) in [5, 5.41) is 2.87. The average Bonchev–Trinajstić information content (AvgIpc) is 2.41. The molecule has 104 valence electrons. The molecule has 0 fully saturated rings. The van der Waals surface area contributed by atoms with Gasteiger partial charge in [0.2, 0.25) is 5.56 Å². The van der Waals surface area contributed by atoms with Crippen LogP contribution in [0.5, 0.6) is 0 Å². The Morgan fingerprint density at radius 1 is 1.25 bits per heavy atom. The molecule has 20 heavy (non-hydrogen) atoms. The van der Waals surface area contributed by atoms with Crippen LogP contribution in [0.1, 0.15) is 23.0 Å². The van der Waals surface area contributed by atoms with Crippen LogP contribution >= 0.6 is 15.9 Å². The topological polar surface area (TPSA) is 62.0 Å². The Morgan fingerprint density at radius 2 is 1.95 bits per heavy atom. The Labute approximate surface area is 125 Å². The van der Waals surface area contributed by atoms with Gasteiger partial charge in [0.15, 0.2) is 0 Å². The molecule has 1 atom stereocenters. The van der Waals surface area contributed by atoms with Crippen molar-refractivity contribution in [1.29, 1.82) is 0 Å². The summed E-state index contributed by atoms with van der Waals surface area (Å²) < 4.78 is 1.03. The zero-order chi connectivity index (χ0) is 14.5. The summed E-state index contributed by atoms with van der Waals surface area (Å²) in [5.41, 5.74) is 1.14. The van der Waals surface area contributed by atoms with E-state index >= 15 is 0 Å². The summed E-state index contributed by atoms with van der Waals surface area (Å²) in [6.07, 6.45) is 0.732. The first-order valence-corrected chi connectivity index (χ1v) is 7.08. The lowest BCUT2D eigenvalue weighted by Gasteiger charge is -2.14. The summed E-state index contributed by atoms with van der Waals surface area (Å²) in [6.45, 7) is 1.93. The fraction of sp³-hybridized carbons (Fsp3) is 0.200. The molecule has 0 saturated heterocycles. The number of benzene rings is 1. The van der Waals surface area contributed by atoms with Gasteiger partial charge in [0, 0.05) is 16.6 Å². The summed E-state index contributed by atoms with van der Waals surface area (Å²) in [7, 11) is 0. The molecule has 1 amide bonds. The molecule has 1 aromatic heterocycles. The zero-order valence-electron chi connectivity index (χ0n) is 11.0. The lowest BCUT2D eigenvalue weighted by Crippen LogP contribution is -2.35. The zero-order valence-corrected chi connectivity index (χ0v) is 12.6. The van der Waals surface area contributed by atoms with E-state index in [-0.39, 0.29) is 23.2 Å². The molecule has 0 aliphatic rings. The molecule has 1 heterocycles. The van der Waals surface area contributed by atoms with Gasteiger partial charge in [-0.3, -0.25) is 9.59 Å². The first-order chi connectivity index (χ1) is 9.54. The van der Waals surface area contributed by atoms with Crippen molar-refractivity contribution in [2.45, 2.75) is 19.4 Å². The Morgan fingerprint density at radius 3 is 2.60 bits per heavy atom. The molecular formula is C15H15BrN2O2. The van der Waals surface area contributed by atoms with Crippen molar-refractivity contribution in [2.75, 3.05) is 0 Å². The molecule has 2 aromatic rings. The normalized spacial score (nSPS) is 11.9. The number of amides is 1. The highest BCUT2D eigenvalue weighted by atomic mass is 79.9. The van der Waals surface area contributed by atoms with E-state index in [0.717, 1.165) is 16.5 Å². The van der Waals surface area contributed by atoms with E-state index in [9.17, 15) is 9.59 Å². The number of hydrogen-bond donors (Lipinski definition) is 2. The number of rotatable bonds is 4. The van der Waals surface area contributed by atoms with Gasteiger partial charge in [-0.25, -0.2) is 0 Å². The molecule has 0 aliphatic heterocycles. The molecule has 0 aliphatic carbocycles. The minimum Gasteiger partial charge on any atom is -0.348 e. The minimum atomic E-state index is -0.279. The molecule has 0 spiro atoms. The van der Waals surface area contributed by atoms with E-state index in [1.54, 1.807) is 12.1 Å². The molecule has 0 bridgehead atoms. The fourth-order valence-corrected chi connectivity index (χ4v) is 2.17. The second-order valence-electron chi connectivity index (χ2n) is 4.63. The monoisotopic (exact) mass is 334 g/mol. The van der Waals surface area contributed by atoms with E-state index in [2.05, 4.69) is 26.2 Å². The second kappa shape index (κ2) is 6.52. The smallest absolute Gasteiger partial charge is 0.268 e. The quantitative estimate of drug-likeness (QED) is 0.902. The van der Waals surface area contributed by atoms with E-state index in [1.807, 2.05) is 31.2 Å². The number of halogens is 1. The lowest BCUT2D eigenvalue weighted by atomic mass is 10.1. The number of carbonyl (C=O) groups excluding carboxylic acids is 1. The molecule has 2 rings (SSSR count). The first kappa shape index (κ1) is 14.5. The number of carbonyl (C=O) groups is 1. The maximum atomic E-state index is 12.0.